The molecule has 0 fully saturated rings. The summed E-state index contributed by atoms with van der Waals surface area (Å²) in [7, 11) is 3.15. The molecule has 2 aromatic rings. The van der Waals surface area contributed by atoms with E-state index >= 15 is 0 Å². The molecule has 1 heterocycles. The van der Waals surface area contributed by atoms with E-state index in [-0.39, 0.29) is 5.91 Å². The van der Waals surface area contributed by atoms with Crippen LogP contribution in [0.2, 0.25) is 5.02 Å². The zero-order chi connectivity index (χ0) is 20.3. The van der Waals surface area contributed by atoms with Crippen molar-refractivity contribution in [3.05, 3.63) is 64.3 Å². The van der Waals surface area contributed by atoms with E-state index in [1.807, 2.05) is 12.1 Å². The number of hydrogen-bond acceptors (Lipinski definition) is 4. The summed E-state index contributed by atoms with van der Waals surface area (Å²) in [6.45, 7) is 1.80. The molecular weight excluding hydrogens is 398 g/mol. The van der Waals surface area contributed by atoms with Crippen molar-refractivity contribution in [2.75, 3.05) is 19.5 Å². The van der Waals surface area contributed by atoms with Crippen LogP contribution in [0.5, 0.6) is 11.5 Å². The molecule has 0 aliphatic carbocycles. The first kappa shape index (κ1) is 20.0. The molecule has 3 N–H and O–H groups in total. The maximum atomic E-state index is 13.1. The predicted octanol–water partition coefficient (Wildman–Crippen LogP) is 3.79. The van der Waals surface area contributed by atoms with Crippen LogP contribution < -0.4 is 25.4 Å². The quantitative estimate of drug-likeness (QED) is 0.643. The number of carbonyl (C=O) groups is 1. The highest BCUT2D eigenvalue weighted by molar-refractivity contribution is 7.80. The van der Waals surface area contributed by atoms with Gasteiger partial charge in [-0.2, -0.15) is 0 Å². The highest BCUT2D eigenvalue weighted by Crippen LogP contribution is 2.36. The van der Waals surface area contributed by atoms with E-state index < -0.39 is 6.04 Å². The fraction of sp³-hybridized carbons (Fsp3) is 0.200. The second-order valence-electron chi connectivity index (χ2n) is 6.11. The van der Waals surface area contributed by atoms with Gasteiger partial charge in [-0.05, 0) is 43.4 Å². The Balaban J connectivity index is 2.02. The van der Waals surface area contributed by atoms with Gasteiger partial charge in [0.2, 0.25) is 0 Å². The molecule has 8 heteroatoms. The van der Waals surface area contributed by atoms with Gasteiger partial charge in [-0.25, -0.2) is 0 Å². The van der Waals surface area contributed by atoms with E-state index in [2.05, 4.69) is 16.0 Å². The molecule has 6 nitrogen and oxygen atoms in total. The molecular formula is C20H20ClN3O3S. The van der Waals surface area contributed by atoms with Crippen LogP contribution in [-0.2, 0) is 4.79 Å². The average molecular weight is 418 g/mol. The number of amides is 1. The fourth-order valence-corrected chi connectivity index (χ4v) is 3.49. The van der Waals surface area contributed by atoms with Crippen molar-refractivity contribution in [2.24, 2.45) is 0 Å². The van der Waals surface area contributed by atoms with Crippen molar-refractivity contribution in [2.45, 2.75) is 13.0 Å². The number of thiocarbonyl (C=S) groups is 1. The average Bonchev–Trinajstić information content (AvgIpc) is 2.68. The topological polar surface area (TPSA) is 71.6 Å². The van der Waals surface area contributed by atoms with E-state index in [4.69, 9.17) is 33.3 Å². The number of hydrogen-bond donors (Lipinski definition) is 3. The minimum atomic E-state index is -0.503. The maximum Gasteiger partial charge on any atom is 0.255 e. The highest BCUT2D eigenvalue weighted by atomic mass is 35.5. The molecule has 0 unspecified atom stereocenters. The number of halogens is 1. The summed E-state index contributed by atoms with van der Waals surface area (Å²) in [6, 6.07) is 12.0. The number of nitrogens with one attached hydrogen (secondary N) is 3. The van der Waals surface area contributed by atoms with E-state index in [0.29, 0.717) is 38.6 Å². The Morgan fingerprint density at radius 3 is 2.61 bits per heavy atom. The van der Waals surface area contributed by atoms with Crippen molar-refractivity contribution in [1.82, 2.24) is 10.6 Å². The lowest BCUT2D eigenvalue weighted by molar-refractivity contribution is -0.113. The number of rotatable bonds is 5. The highest BCUT2D eigenvalue weighted by Gasteiger charge is 2.32. The normalized spacial score (nSPS) is 16.1. The van der Waals surface area contributed by atoms with Crippen molar-refractivity contribution in [3.63, 3.8) is 0 Å². The summed E-state index contributed by atoms with van der Waals surface area (Å²) in [5.41, 5.74) is 2.42. The second-order valence-corrected chi connectivity index (χ2v) is 6.93. The van der Waals surface area contributed by atoms with E-state index in [0.717, 1.165) is 5.56 Å². The Hall–Kier alpha value is -2.77. The largest absolute Gasteiger partial charge is 0.497 e. The Labute approximate surface area is 173 Å². The Bertz CT molecular complexity index is 961. The molecule has 28 heavy (non-hydrogen) atoms. The van der Waals surface area contributed by atoms with Gasteiger partial charge in [0, 0.05) is 17.3 Å². The summed E-state index contributed by atoms with van der Waals surface area (Å²) in [6.07, 6.45) is 0. The lowest BCUT2D eigenvalue weighted by Crippen LogP contribution is -2.45. The van der Waals surface area contributed by atoms with Crippen molar-refractivity contribution < 1.29 is 14.3 Å². The lowest BCUT2D eigenvalue weighted by Gasteiger charge is -2.31. The molecule has 1 amide bonds. The van der Waals surface area contributed by atoms with E-state index in [1.54, 1.807) is 51.5 Å². The summed E-state index contributed by atoms with van der Waals surface area (Å²) >= 11 is 11.5. The van der Waals surface area contributed by atoms with Gasteiger partial charge in [-0.15, -0.1) is 0 Å². The van der Waals surface area contributed by atoms with E-state index in [1.165, 1.54) is 0 Å². The van der Waals surface area contributed by atoms with Crippen LogP contribution in [0, 0.1) is 0 Å². The monoisotopic (exact) mass is 417 g/mol. The smallest absolute Gasteiger partial charge is 0.255 e. The first-order chi connectivity index (χ1) is 13.4. The molecule has 0 radical (unpaired) electrons. The van der Waals surface area contributed by atoms with Gasteiger partial charge in [-0.3, -0.25) is 4.79 Å². The number of methoxy groups -OCH3 is 2. The SMILES string of the molecule is COc1ccc([C@H]2NC(=S)NC(C)=C2C(=O)Nc2ccccc2Cl)c(OC)c1. The van der Waals surface area contributed by atoms with Gasteiger partial charge in [0.1, 0.15) is 11.5 Å². The minimum absolute atomic E-state index is 0.295. The van der Waals surface area contributed by atoms with Gasteiger partial charge in [0.05, 0.1) is 36.5 Å². The van der Waals surface area contributed by atoms with Gasteiger partial charge in [-0.1, -0.05) is 23.7 Å². The molecule has 0 saturated heterocycles. The Morgan fingerprint density at radius 2 is 1.93 bits per heavy atom. The summed E-state index contributed by atoms with van der Waals surface area (Å²) in [4.78, 5) is 13.1. The van der Waals surface area contributed by atoms with Crippen LogP contribution >= 0.6 is 23.8 Å². The second kappa shape index (κ2) is 8.50. The molecule has 0 saturated carbocycles. The zero-order valence-corrected chi connectivity index (χ0v) is 17.2. The third kappa shape index (κ3) is 4.05. The Morgan fingerprint density at radius 1 is 1.18 bits per heavy atom. The van der Waals surface area contributed by atoms with Crippen LogP contribution in [0.3, 0.4) is 0 Å². The zero-order valence-electron chi connectivity index (χ0n) is 15.6. The molecule has 0 aromatic heterocycles. The van der Waals surface area contributed by atoms with Gasteiger partial charge < -0.3 is 25.4 Å². The predicted molar refractivity (Wildman–Crippen MR) is 114 cm³/mol. The van der Waals surface area contributed by atoms with Crippen molar-refractivity contribution in [1.29, 1.82) is 0 Å². The van der Waals surface area contributed by atoms with Crippen molar-refractivity contribution >= 4 is 40.5 Å². The molecule has 2 aromatic carbocycles. The Kier molecular flexibility index (Phi) is 6.06. The third-order valence-corrected chi connectivity index (χ3v) is 4.94. The van der Waals surface area contributed by atoms with Gasteiger partial charge in [0.25, 0.3) is 5.91 Å². The summed E-state index contributed by atoms with van der Waals surface area (Å²) in [5, 5.41) is 9.92. The van der Waals surface area contributed by atoms with Crippen LogP contribution in [0.1, 0.15) is 18.5 Å². The number of benzene rings is 2. The van der Waals surface area contributed by atoms with Gasteiger partial charge in [0.15, 0.2) is 5.11 Å². The number of carbonyl (C=O) groups excluding carboxylic acids is 1. The number of anilines is 1. The van der Waals surface area contributed by atoms with Crippen LogP contribution in [-0.4, -0.2) is 25.2 Å². The summed E-state index contributed by atoms with van der Waals surface area (Å²) < 4.78 is 10.8. The maximum absolute atomic E-state index is 13.1. The molecule has 0 spiro atoms. The summed E-state index contributed by atoms with van der Waals surface area (Å²) in [5.74, 6) is 0.938. The standard InChI is InChI=1S/C20H20ClN3O3S/c1-11-17(19(25)23-15-7-5-4-6-14(15)21)18(24-20(28)22-11)13-9-8-12(26-2)10-16(13)27-3/h4-10,18H,1-3H3,(H,23,25)(H2,22,24,28)/t18-/m1/s1. The number of ether oxygens (including phenoxy) is 2. The molecule has 1 aliphatic rings. The number of allylic oxidation sites excluding steroid dienone is 1. The van der Waals surface area contributed by atoms with Crippen LogP contribution in [0.4, 0.5) is 5.69 Å². The number of para-hydroxylation sites is 1. The first-order valence-electron chi connectivity index (χ1n) is 8.50. The molecule has 1 atom stereocenters. The minimum Gasteiger partial charge on any atom is -0.497 e. The van der Waals surface area contributed by atoms with Crippen LogP contribution in [0.25, 0.3) is 0 Å². The first-order valence-corrected chi connectivity index (χ1v) is 9.29. The fourth-order valence-electron chi connectivity index (χ4n) is 3.04. The van der Waals surface area contributed by atoms with Crippen LogP contribution in [0.15, 0.2) is 53.7 Å². The lowest BCUT2D eigenvalue weighted by atomic mass is 9.94. The third-order valence-electron chi connectivity index (χ3n) is 4.39. The molecule has 146 valence electrons. The van der Waals surface area contributed by atoms with Gasteiger partial charge >= 0.3 is 0 Å². The molecule has 0 bridgehead atoms. The van der Waals surface area contributed by atoms with Crippen molar-refractivity contribution in [3.8, 4) is 11.5 Å². The molecule has 3 rings (SSSR count). The van der Waals surface area contributed by atoms with E-state index in [9.17, 15) is 4.79 Å². The molecule has 1 aliphatic heterocycles.